The molecule has 1 heterocycles. The zero-order chi connectivity index (χ0) is 28.9. The molecule has 1 aliphatic rings. The van der Waals surface area contributed by atoms with Crippen LogP contribution in [-0.2, 0) is 0 Å². The van der Waals surface area contributed by atoms with Gasteiger partial charge in [0.2, 0.25) is 0 Å². The highest BCUT2D eigenvalue weighted by Gasteiger charge is 2.33. The van der Waals surface area contributed by atoms with E-state index in [0.29, 0.717) is 11.1 Å². The number of carbonyl (C=O) groups is 2. The van der Waals surface area contributed by atoms with Gasteiger partial charge in [0.15, 0.2) is 11.6 Å². The topological polar surface area (TPSA) is 50.3 Å². The van der Waals surface area contributed by atoms with E-state index in [0.717, 1.165) is 44.2 Å². The van der Waals surface area contributed by atoms with Crippen LogP contribution in [0.15, 0.2) is 145 Å². The number of carbonyl (C=O) groups excluding carboxylic acids is 2. The Bertz CT molecular complexity index is 2230. The summed E-state index contributed by atoms with van der Waals surface area (Å²) >= 11 is 0. The van der Waals surface area contributed by atoms with Gasteiger partial charge in [0.05, 0.1) is 5.57 Å². The molecule has 0 N–H and O–H groups in total. The lowest BCUT2D eigenvalue weighted by Gasteiger charge is -2.26. The predicted octanol–water partition coefficient (Wildman–Crippen LogP) is 9.47. The first-order chi connectivity index (χ1) is 21.1. The Hall–Kier alpha value is -5.87. The summed E-state index contributed by atoms with van der Waals surface area (Å²) < 4.78 is 0. The third-order valence-electron chi connectivity index (χ3n) is 8.19. The van der Waals surface area contributed by atoms with E-state index < -0.39 is 0 Å². The molecule has 4 nitrogen and oxygen atoms in total. The monoisotopic (exact) mass is 552 g/mol. The maximum Gasteiger partial charge on any atom is 0.197 e. The third kappa shape index (κ3) is 4.28. The van der Waals surface area contributed by atoms with Crippen molar-refractivity contribution in [2.24, 2.45) is 0 Å². The quantitative estimate of drug-likeness (QED) is 0.161. The zero-order valence-electron chi connectivity index (χ0n) is 23.1. The molecule has 43 heavy (non-hydrogen) atoms. The Labute approximate surface area is 248 Å². The zero-order valence-corrected chi connectivity index (χ0v) is 23.1. The van der Waals surface area contributed by atoms with Crippen LogP contribution in [0.25, 0.3) is 38.4 Å². The molecule has 6 aromatic carbocycles. The first-order valence-corrected chi connectivity index (χ1v) is 14.2. The summed E-state index contributed by atoms with van der Waals surface area (Å²) in [5.74, 6) is -0.436. The fourth-order valence-electron chi connectivity index (χ4n) is 6.04. The second-order valence-corrected chi connectivity index (χ2v) is 10.8. The lowest BCUT2D eigenvalue weighted by atomic mass is 10.0. The van der Waals surface area contributed by atoms with E-state index in [9.17, 15) is 9.59 Å². The predicted molar refractivity (Wildman–Crippen MR) is 175 cm³/mol. The SMILES string of the molecule is O=C1C(=Cc2ccc3cc(N(c4ccncc4)c4ccc5ccccc5c4)ccc3c2)C(=O)c2cc3ccccc3cc21. The first kappa shape index (κ1) is 24.9. The molecule has 0 atom stereocenters. The average Bonchev–Trinajstić information content (AvgIpc) is 3.28. The van der Waals surface area contributed by atoms with Crippen LogP contribution in [0.2, 0.25) is 0 Å². The van der Waals surface area contributed by atoms with Gasteiger partial charge in [0.25, 0.3) is 0 Å². The van der Waals surface area contributed by atoms with Gasteiger partial charge in [-0.2, -0.15) is 0 Å². The van der Waals surface area contributed by atoms with Crippen molar-refractivity contribution in [3.05, 3.63) is 162 Å². The van der Waals surface area contributed by atoms with Crippen molar-refractivity contribution < 1.29 is 9.59 Å². The van der Waals surface area contributed by atoms with Gasteiger partial charge < -0.3 is 4.90 Å². The number of Topliss-reactive ketones (excluding diaryl/α,β-unsaturated/α-hetero) is 2. The van der Waals surface area contributed by atoms with Crippen molar-refractivity contribution in [3.63, 3.8) is 0 Å². The molecule has 0 fully saturated rings. The Morgan fingerprint density at radius 2 is 0.953 bits per heavy atom. The summed E-state index contributed by atoms with van der Waals surface area (Å²) in [6.07, 6.45) is 5.33. The van der Waals surface area contributed by atoms with Crippen molar-refractivity contribution in [2.75, 3.05) is 4.90 Å². The lowest BCUT2D eigenvalue weighted by Crippen LogP contribution is -2.09. The van der Waals surface area contributed by atoms with Gasteiger partial charge >= 0.3 is 0 Å². The molecule has 0 saturated heterocycles. The molecule has 0 aliphatic heterocycles. The number of nitrogens with zero attached hydrogens (tertiary/aromatic N) is 2. The summed E-state index contributed by atoms with van der Waals surface area (Å²) in [4.78, 5) is 33.0. The average molecular weight is 553 g/mol. The number of anilines is 3. The maximum absolute atomic E-state index is 13.3. The van der Waals surface area contributed by atoms with Crippen molar-refractivity contribution in [1.82, 2.24) is 4.98 Å². The fourth-order valence-corrected chi connectivity index (χ4v) is 6.04. The van der Waals surface area contributed by atoms with Crippen LogP contribution in [0, 0.1) is 0 Å². The summed E-state index contributed by atoms with van der Waals surface area (Å²) in [6.45, 7) is 0. The molecule has 7 aromatic rings. The largest absolute Gasteiger partial charge is 0.310 e. The first-order valence-electron chi connectivity index (χ1n) is 14.2. The van der Waals surface area contributed by atoms with Gasteiger partial charge in [-0.15, -0.1) is 0 Å². The van der Waals surface area contributed by atoms with Crippen LogP contribution in [-0.4, -0.2) is 16.6 Å². The summed E-state index contributed by atoms with van der Waals surface area (Å²) in [6, 6.07) is 42.7. The number of aromatic nitrogens is 1. The van der Waals surface area contributed by atoms with Crippen molar-refractivity contribution in [1.29, 1.82) is 0 Å². The van der Waals surface area contributed by atoms with Gasteiger partial charge in [-0.25, -0.2) is 0 Å². The minimum Gasteiger partial charge on any atom is -0.310 e. The highest BCUT2D eigenvalue weighted by atomic mass is 16.2. The van der Waals surface area contributed by atoms with E-state index in [1.807, 2.05) is 66.7 Å². The lowest BCUT2D eigenvalue weighted by molar-refractivity contribution is 0.0990. The number of hydrogen-bond acceptors (Lipinski definition) is 4. The smallest absolute Gasteiger partial charge is 0.197 e. The second kappa shape index (κ2) is 9.89. The van der Waals surface area contributed by atoms with Gasteiger partial charge in [0, 0.05) is 40.6 Å². The van der Waals surface area contributed by atoms with E-state index in [4.69, 9.17) is 0 Å². The molecule has 202 valence electrons. The number of ketones is 2. The molecule has 8 rings (SSSR count). The maximum atomic E-state index is 13.3. The Kier molecular flexibility index (Phi) is 5.73. The van der Waals surface area contributed by atoms with Crippen molar-refractivity contribution >= 4 is 67.0 Å². The van der Waals surface area contributed by atoms with Crippen molar-refractivity contribution in [3.8, 4) is 0 Å². The van der Waals surface area contributed by atoms with Gasteiger partial charge in [-0.3, -0.25) is 14.6 Å². The molecular formula is C39H24N2O2. The Morgan fingerprint density at radius 3 is 1.58 bits per heavy atom. The molecule has 0 spiro atoms. The van der Waals surface area contributed by atoms with E-state index in [2.05, 4.69) is 70.5 Å². The molecule has 0 saturated carbocycles. The molecule has 4 heteroatoms. The molecular weight excluding hydrogens is 528 g/mol. The molecule has 0 bridgehead atoms. The van der Waals surface area contributed by atoms with Crippen LogP contribution in [0.3, 0.4) is 0 Å². The van der Waals surface area contributed by atoms with E-state index in [-0.39, 0.29) is 17.1 Å². The third-order valence-corrected chi connectivity index (χ3v) is 8.19. The molecule has 0 radical (unpaired) electrons. The number of allylic oxidation sites excluding steroid dienone is 1. The molecule has 1 aliphatic carbocycles. The number of rotatable bonds is 4. The Morgan fingerprint density at radius 1 is 0.465 bits per heavy atom. The Balaban J connectivity index is 1.17. The van der Waals surface area contributed by atoms with Crippen molar-refractivity contribution in [2.45, 2.75) is 0 Å². The van der Waals surface area contributed by atoms with Crippen LogP contribution < -0.4 is 4.90 Å². The minimum absolute atomic E-state index is 0.210. The molecule has 0 amide bonds. The van der Waals surface area contributed by atoms with E-state index in [1.54, 1.807) is 18.5 Å². The fraction of sp³-hybridized carbons (Fsp3) is 0. The summed E-state index contributed by atoms with van der Waals surface area (Å²) in [5, 5.41) is 6.34. The number of pyridine rings is 1. The number of benzene rings is 6. The standard InChI is InChI=1S/C39H24N2O2/c42-38-35-23-28-7-3-4-8-29(28)24-36(35)39(43)37(38)20-25-9-10-31-22-34(14-12-30(31)19-25)41(32-15-17-40-18-16-32)33-13-11-26-5-1-2-6-27(26)21-33/h1-24H. The highest BCUT2D eigenvalue weighted by Crippen LogP contribution is 2.38. The minimum atomic E-state index is -0.218. The highest BCUT2D eigenvalue weighted by molar-refractivity contribution is 6.42. The van der Waals surface area contributed by atoms with E-state index in [1.165, 1.54) is 10.8 Å². The van der Waals surface area contributed by atoms with Gasteiger partial charge in [-0.05, 0) is 98.6 Å². The molecule has 1 aromatic heterocycles. The van der Waals surface area contributed by atoms with E-state index >= 15 is 0 Å². The summed E-state index contributed by atoms with van der Waals surface area (Å²) in [7, 11) is 0. The second-order valence-electron chi connectivity index (χ2n) is 10.8. The summed E-state index contributed by atoms with van der Waals surface area (Å²) in [5.41, 5.74) is 5.06. The van der Waals surface area contributed by atoms with Crippen LogP contribution >= 0.6 is 0 Å². The normalized spacial score (nSPS) is 12.7. The molecule has 0 unspecified atom stereocenters. The number of fused-ring (bicyclic) bond motifs is 4. The van der Waals surface area contributed by atoms with Gasteiger partial charge in [0.1, 0.15) is 0 Å². The number of hydrogen-bond donors (Lipinski definition) is 0. The van der Waals surface area contributed by atoms with Crippen LogP contribution in [0.4, 0.5) is 17.1 Å². The van der Waals surface area contributed by atoms with Gasteiger partial charge in [-0.1, -0.05) is 72.8 Å². The van der Waals surface area contributed by atoms with Crippen LogP contribution in [0.1, 0.15) is 26.3 Å². The van der Waals surface area contributed by atoms with Crippen LogP contribution in [0.5, 0.6) is 0 Å².